The molecule has 0 unspecified atom stereocenters. The molecule has 0 radical (unpaired) electrons. The molecule has 4 nitrogen and oxygen atoms in total. The van der Waals surface area contributed by atoms with E-state index in [1.165, 1.54) is 22.3 Å². The van der Waals surface area contributed by atoms with Gasteiger partial charge in [0.05, 0.1) is 5.41 Å². The van der Waals surface area contributed by atoms with E-state index in [1.54, 1.807) is 0 Å². The van der Waals surface area contributed by atoms with E-state index >= 15 is 0 Å². The van der Waals surface area contributed by atoms with Gasteiger partial charge in [0.2, 0.25) is 0 Å². The van der Waals surface area contributed by atoms with Crippen LogP contribution in [0.4, 0.5) is 0 Å². The summed E-state index contributed by atoms with van der Waals surface area (Å²) in [5.74, 6) is 3.65. The molecule has 59 heavy (non-hydrogen) atoms. The smallest absolute Gasteiger partial charge is 0.164 e. The number of hydrogen-bond donors (Lipinski definition) is 0. The summed E-state index contributed by atoms with van der Waals surface area (Å²) < 4.78 is 6.66. The van der Waals surface area contributed by atoms with Crippen molar-refractivity contribution in [2.75, 3.05) is 0 Å². The van der Waals surface area contributed by atoms with Crippen LogP contribution in [0.2, 0.25) is 0 Å². The van der Waals surface area contributed by atoms with Gasteiger partial charge in [0.25, 0.3) is 0 Å². The summed E-state index contributed by atoms with van der Waals surface area (Å²) in [4.78, 5) is 15.3. The maximum absolute atomic E-state index is 6.66. The number of para-hydroxylation sites is 2. The van der Waals surface area contributed by atoms with Crippen LogP contribution in [0.15, 0.2) is 200 Å². The van der Waals surface area contributed by atoms with Crippen molar-refractivity contribution >= 4 is 0 Å². The Morgan fingerprint density at radius 3 is 1.31 bits per heavy atom. The molecule has 0 bridgehead atoms. The fourth-order valence-electron chi connectivity index (χ4n) is 9.46. The van der Waals surface area contributed by atoms with Crippen LogP contribution in [-0.4, -0.2) is 15.0 Å². The zero-order valence-corrected chi connectivity index (χ0v) is 32.8. The molecular weight excluding hydrogens is 719 g/mol. The van der Waals surface area contributed by atoms with Crippen molar-refractivity contribution < 1.29 is 4.74 Å². The number of hydrogen-bond acceptors (Lipinski definition) is 4. The lowest BCUT2D eigenvalue weighted by Crippen LogP contribution is -2.43. The predicted molar refractivity (Wildman–Crippen MR) is 238 cm³/mol. The van der Waals surface area contributed by atoms with Gasteiger partial charge < -0.3 is 4.74 Å². The van der Waals surface area contributed by atoms with Crippen molar-refractivity contribution in [3.63, 3.8) is 0 Å². The van der Waals surface area contributed by atoms with Crippen LogP contribution >= 0.6 is 0 Å². The molecular formula is C55H39N3O. The Hall–Kier alpha value is -7.43. The van der Waals surface area contributed by atoms with Crippen molar-refractivity contribution in [2.45, 2.75) is 24.7 Å². The molecule has 2 aliphatic rings. The molecule has 0 saturated carbocycles. The second kappa shape index (κ2) is 13.6. The Kier molecular flexibility index (Phi) is 8.02. The predicted octanol–water partition coefficient (Wildman–Crippen LogP) is 13.3. The molecule has 4 heteroatoms. The molecule has 0 atom stereocenters. The Balaban J connectivity index is 1.09. The van der Waals surface area contributed by atoms with Gasteiger partial charge in [-0.1, -0.05) is 184 Å². The summed E-state index contributed by atoms with van der Waals surface area (Å²) in [7, 11) is 0. The average molecular weight is 758 g/mol. The lowest BCUT2D eigenvalue weighted by molar-refractivity contribution is 0.425. The van der Waals surface area contributed by atoms with E-state index in [2.05, 4.69) is 190 Å². The number of fused-ring (bicyclic) bond motifs is 8. The second-order valence-corrected chi connectivity index (χ2v) is 16.0. The summed E-state index contributed by atoms with van der Waals surface area (Å²) in [5, 5.41) is 0. The largest absolute Gasteiger partial charge is 0.457 e. The van der Waals surface area contributed by atoms with Crippen LogP contribution < -0.4 is 4.74 Å². The first kappa shape index (κ1) is 34.8. The Morgan fingerprint density at radius 2 is 0.712 bits per heavy atom. The highest BCUT2D eigenvalue weighted by atomic mass is 16.5. The molecule has 1 aliphatic heterocycles. The molecule has 0 fully saturated rings. The van der Waals surface area contributed by atoms with Crippen LogP contribution in [0.3, 0.4) is 0 Å². The standard InChI is InChI=1S/C55H39N3O/c1-54(2)43-25-9-10-26-45(43)55(46-27-11-13-29-49(46)59-50-30-14-12-28-47(50)55)48-35-40(31-32-44(48)54)39-22-16-24-42(34-39)53-57-51(37-19-7-4-8-20-37)56-52(58-53)41-23-15-21-38(33-41)36-17-5-3-6-18-36/h3-35H,1-2H3. The average Bonchev–Trinajstić information content (AvgIpc) is 3.31. The molecule has 0 saturated heterocycles. The highest BCUT2D eigenvalue weighted by Gasteiger charge is 2.52. The first-order chi connectivity index (χ1) is 29.0. The molecule has 11 rings (SSSR count). The number of nitrogens with zero attached hydrogens (tertiary/aromatic N) is 3. The van der Waals surface area contributed by atoms with Gasteiger partial charge in [-0.15, -0.1) is 0 Å². The number of rotatable bonds is 5. The fourth-order valence-corrected chi connectivity index (χ4v) is 9.46. The van der Waals surface area contributed by atoms with E-state index in [0.29, 0.717) is 17.5 Å². The third-order valence-electron chi connectivity index (χ3n) is 12.3. The number of benzene rings is 8. The third kappa shape index (κ3) is 5.55. The van der Waals surface area contributed by atoms with Gasteiger partial charge in [0.15, 0.2) is 17.5 Å². The lowest BCUT2D eigenvalue weighted by Gasteiger charge is -2.50. The van der Waals surface area contributed by atoms with Gasteiger partial charge in [-0.3, -0.25) is 0 Å². The molecule has 280 valence electrons. The van der Waals surface area contributed by atoms with E-state index in [1.807, 2.05) is 24.3 Å². The molecule has 2 heterocycles. The summed E-state index contributed by atoms with van der Waals surface area (Å²) >= 11 is 0. The summed E-state index contributed by atoms with van der Waals surface area (Å²) in [6.07, 6.45) is 0. The number of aromatic nitrogens is 3. The van der Waals surface area contributed by atoms with E-state index < -0.39 is 5.41 Å². The van der Waals surface area contributed by atoms with E-state index in [-0.39, 0.29) is 5.41 Å². The minimum absolute atomic E-state index is 0.243. The second-order valence-electron chi connectivity index (χ2n) is 16.0. The maximum Gasteiger partial charge on any atom is 0.164 e. The van der Waals surface area contributed by atoms with Gasteiger partial charge >= 0.3 is 0 Å². The molecule has 8 aromatic carbocycles. The SMILES string of the molecule is CC1(C)c2ccccc2C2(c3ccccc3Oc3ccccc32)c2cc(-c3cccc(-c4nc(-c5ccccc5)nc(-c5cccc(-c6ccccc6)c5)n4)c3)ccc21. The van der Waals surface area contributed by atoms with Gasteiger partial charge in [0, 0.05) is 33.2 Å². The van der Waals surface area contributed by atoms with Gasteiger partial charge in [0.1, 0.15) is 11.5 Å². The van der Waals surface area contributed by atoms with Crippen molar-refractivity contribution in [3.8, 4) is 67.9 Å². The lowest BCUT2D eigenvalue weighted by atomic mass is 9.53. The molecule has 0 amide bonds. The summed E-state index contributed by atoms with van der Waals surface area (Å²) in [6, 6.07) is 70.8. The Labute approximate surface area is 344 Å². The Bertz CT molecular complexity index is 3020. The van der Waals surface area contributed by atoms with Gasteiger partial charge in [-0.05, 0) is 74.8 Å². The summed E-state index contributed by atoms with van der Waals surface area (Å²) in [6.45, 7) is 4.71. The molecule has 0 N–H and O–H groups in total. The van der Waals surface area contributed by atoms with Crippen molar-refractivity contribution in [2.24, 2.45) is 0 Å². The molecule has 9 aromatic rings. The van der Waals surface area contributed by atoms with Crippen molar-refractivity contribution in [3.05, 3.63) is 234 Å². The fraction of sp³-hybridized carbons (Fsp3) is 0.0727. The van der Waals surface area contributed by atoms with E-state index in [4.69, 9.17) is 19.7 Å². The highest BCUT2D eigenvalue weighted by molar-refractivity contribution is 5.80. The minimum atomic E-state index is -0.595. The third-order valence-corrected chi connectivity index (χ3v) is 12.3. The zero-order chi connectivity index (χ0) is 39.6. The molecule has 1 aromatic heterocycles. The van der Waals surface area contributed by atoms with Crippen molar-refractivity contribution in [1.82, 2.24) is 15.0 Å². The first-order valence-electron chi connectivity index (χ1n) is 20.2. The number of ether oxygens (including phenoxy) is 1. The monoisotopic (exact) mass is 757 g/mol. The minimum Gasteiger partial charge on any atom is -0.457 e. The quantitative estimate of drug-likeness (QED) is 0.175. The van der Waals surface area contributed by atoms with Crippen molar-refractivity contribution in [1.29, 1.82) is 0 Å². The zero-order valence-electron chi connectivity index (χ0n) is 32.8. The molecule has 1 aliphatic carbocycles. The topological polar surface area (TPSA) is 47.9 Å². The van der Waals surface area contributed by atoms with Crippen LogP contribution in [-0.2, 0) is 10.8 Å². The van der Waals surface area contributed by atoms with Crippen LogP contribution in [0.1, 0.15) is 47.2 Å². The first-order valence-corrected chi connectivity index (χ1v) is 20.2. The maximum atomic E-state index is 6.66. The van der Waals surface area contributed by atoms with Gasteiger partial charge in [-0.25, -0.2) is 15.0 Å². The van der Waals surface area contributed by atoms with E-state index in [9.17, 15) is 0 Å². The van der Waals surface area contributed by atoms with Crippen LogP contribution in [0, 0.1) is 0 Å². The van der Waals surface area contributed by atoms with Crippen LogP contribution in [0.5, 0.6) is 11.5 Å². The highest BCUT2D eigenvalue weighted by Crippen LogP contribution is 2.61. The molecule has 1 spiro atoms. The van der Waals surface area contributed by atoms with Crippen LogP contribution in [0.25, 0.3) is 56.4 Å². The van der Waals surface area contributed by atoms with Gasteiger partial charge in [-0.2, -0.15) is 0 Å². The van der Waals surface area contributed by atoms with E-state index in [0.717, 1.165) is 61.6 Å². The Morgan fingerprint density at radius 1 is 0.305 bits per heavy atom. The normalized spacial score (nSPS) is 14.0. The summed E-state index contributed by atoms with van der Waals surface area (Å²) in [5.41, 5.74) is 13.9.